The summed E-state index contributed by atoms with van der Waals surface area (Å²) in [6, 6.07) is 6.28. The van der Waals surface area contributed by atoms with Crippen LogP contribution < -0.4 is 0 Å². The molecule has 0 radical (unpaired) electrons. The van der Waals surface area contributed by atoms with Crippen LogP contribution in [0.4, 0.5) is 4.39 Å². The largest absolute Gasteiger partial charge is 0.206 e. The highest BCUT2D eigenvalue weighted by atomic mass is 32.1. The minimum Gasteiger partial charge on any atom is -0.206 e. The molecule has 0 aliphatic heterocycles. The zero-order valence-electron chi connectivity index (χ0n) is 6.58. The highest BCUT2D eigenvalue weighted by Crippen LogP contribution is 2.20. The summed E-state index contributed by atoms with van der Waals surface area (Å²) in [5, 5.41) is 8.43. The van der Waals surface area contributed by atoms with Gasteiger partial charge >= 0.3 is 0 Å². The Kier molecular flexibility index (Phi) is 2.72. The van der Waals surface area contributed by atoms with Gasteiger partial charge in [-0.05, 0) is 24.6 Å². The quantitative estimate of drug-likeness (QED) is 0.661. The molecule has 0 spiro atoms. The molecule has 0 aromatic heterocycles. The van der Waals surface area contributed by atoms with Gasteiger partial charge in [-0.15, -0.1) is 0 Å². The van der Waals surface area contributed by atoms with E-state index in [2.05, 4.69) is 12.6 Å². The predicted octanol–water partition coefficient (Wildman–Crippen LogP) is 2.69. The van der Waals surface area contributed by atoms with Crippen molar-refractivity contribution in [3.05, 3.63) is 35.1 Å². The number of nitrogens with zero attached hydrogens (tertiary/aromatic N) is 1. The topological polar surface area (TPSA) is 23.8 Å². The van der Waals surface area contributed by atoms with Crippen molar-refractivity contribution in [1.29, 1.82) is 5.26 Å². The molecule has 1 aromatic carbocycles. The van der Waals surface area contributed by atoms with Crippen LogP contribution in [0.5, 0.6) is 0 Å². The summed E-state index contributed by atoms with van der Waals surface area (Å²) < 4.78 is 13.0. The second-order valence-electron chi connectivity index (χ2n) is 2.53. The fraction of sp³-hybridized carbons (Fsp3) is 0.222. The molecule has 0 bridgehead atoms. The lowest BCUT2D eigenvalue weighted by molar-refractivity contribution is 0.621. The molecule has 0 fully saturated rings. The Morgan fingerprint density at radius 3 is 2.67 bits per heavy atom. The fourth-order valence-corrected chi connectivity index (χ4v) is 1.04. The number of thiol groups is 1. The number of rotatable bonds is 1. The van der Waals surface area contributed by atoms with E-state index < -0.39 is 5.82 Å². The Balaban J connectivity index is 3.12. The normalized spacial score (nSPS) is 12.2. The van der Waals surface area contributed by atoms with Crippen molar-refractivity contribution in [2.75, 3.05) is 0 Å². The van der Waals surface area contributed by atoms with Crippen LogP contribution in [-0.4, -0.2) is 0 Å². The van der Waals surface area contributed by atoms with Crippen molar-refractivity contribution < 1.29 is 4.39 Å². The van der Waals surface area contributed by atoms with Gasteiger partial charge in [0.25, 0.3) is 0 Å². The van der Waals surface area contributed by atoms with Gasteiger partial charge in [0.05, 0.1) is 5.56 Å². The molecule has 0 saturated carbocycles. The minimum atomic E-state index is -0.476. The molecule has 1 atom stereocenters. The standard InChI is InChI=1S/C9H8FNS/c1-6(12)7-2-3-8(5-11)9(10)4-7/h2-4,6,12H,1H3. The second kappa shape index (κ2) is 3.59. The van der Waals surface area contributed by atoms with E-state index in [1.54, 1.807) is 12.1 Å². The Labute approximate surface area is 76.2 Å². The maximum Gasteiger partial charge on any atom is 0.141 e. The molecule has 0 aliphatic rings. The predicted molar refractivity (Wildman–Crippen MR) is 48.5 cm³/mol. The molecule has 0 amide bonds. The summed E-state index contributed by atoms with van der Waals surface area (Å²) in [5.41, 5.74) is 0.863. The van der Waals surface area contributed by atoms with Crippen LogP contribution >= 0.6 is 12.6 Å². The molecule has 1 unspecified atom stereocenters. The molecular formula is C9H8FNS. The third kappa shape index (κ3) is 1.77. The van der Waals surface area contributed by atoms with Crippen LogP contribution in [0.2, 0.25) is 0 Å². The van der Waals surface area contributed by atoms with Gasteiger partial charge < -0.3 is 0 Å². The van der Waals surface area contributed by atoms with Crippen LogP contribution in [0.3, 0.4) is 0 Å². The fourth-order valence-electron chi connectivity index (χ4n) is 0.882. The van der Waals surface area contributed by atoms with Gasteiger partial charge in [0.15, 0.2) is 0 Å². The Bertz CT molecular complexity index is 328. The molecular weight excluding hydrogens is 173 g/mol. The summed E-state index contributed by atoms with van der Waals surface area (Å²) in [7, 11) is 0. The first-order valence-electron chi connectivity index (χ1n) is 3.52. The Morgan fingerprint density at radius 1 is 1.58 bits per heavy atom. The molecule has 1 nitrogen and oxygen atoms in total. The molecule has 1 rings (SSSR count). The molecule has 3 heteroatoms. The summed E-state index contributed by atoms with van der Waals surface area (Å²) in [4.78, 5) is 0. The van der Waals surface area contributed by atoms with Gasteiger partial charge in [-0.25, -0.2) is 4.39 Å². The van der Waals surface area contributed by atoms with E-state index in [0.29, 0.717) is 0 Å². The highest BCUT2D eigenvalue weighted by molar-refractivity contribution is 7.80. The van der Waals surface area contributed by atoms with Gasteiger partial charge in [-0.3, -0.25) is 0 Å². The number of hydrogen-bond donors (Lipinski definition) is 1. The smallest absolute Gasteiger partial charge is 0.141 e. The SMILES string of the molecule is CC(S)c1ccc(C#N)c(F)c1. The van der Waals surface area contributed by atoms with E-state index in [1.165, 1.54) is 12.1 Å². The van der Waals surface area contributed by atoms with E-state index in [0.717, 1.165) is 5.56 Å². The van der Waals surface area contributed by atoms with Crippen molar-refractivity contribution in [2.45, 2.75) is 12.2 Å². The molecule has 12 heavy (non-hydrogen) atoms. The molecule has 0 N–H and O–H groups in total. The minimum absolute atomic E-state index is 0.00718. The average molecular weight is 181 g/mol. The molecule has 0 aliphatic carbocycles. The van der Waals surface area contributed by atoms with Crippen molar-refractivity contribution >= 4 is 12.6 Å². The number of hydrogen-bond acceptors (Lipinski definition) is 2. The third-order valence-electron chi connectivity index (χ3n) is 1.60. The summed E-state index contributed by atoms with van der Waals surface area (Å²) >= 11 is 4.15. The molecule has 1 aromatic rings. The summed E-state index contributed by atoms with van der Waals surface area (Å²) in [5.74, 6) is -0.476. The molecule has 62 valence electrons. The van der Waals surface area contributed by atoms with Crippen LogP contribution in [0.25, 0.3) is 0 Å². The number of halogens is 1. The van der Waals surface area contributed by atoms with Gasteiger partial charge in [0, 0.05) is 5.25 Å². The van der Waals surface area contributed by atoms with E-state index in [-0.39, 0.29) is 10.8 Å². The molecule has 0 heterocycles. The van der Waals surface area contributed by atoms with Crippen LogP contribution in [0.15, 0.2) is 18.2 Å². The van der Waals surface area contributed by atoms with E-state index >= 15 is 0 Å². The van der Waals surface area contributed by atoms with Gasteiger partial charge in [-0.1, -0.05) is 6.07 Å². The summed E-state index contributed by atoms with van der Waals surface area (Å²) in [6.07, 6.45) is 0. The van der Waals surface area contributed by atoms with Gasteiger partial charge in [0.2, 0.25) is 0 Å². The Morgan fingerprint density at radius 2 is 2.25 bits per heavy atom. The molecule has 0 saturated heterocycles. The maximum atomic E-state index is 13.0. The zero-order valence-corrected chi connectivity index (χ0v) is 7.48. The van der Waals surface area contributed by atoms with E-state index in [4.69, 9.17) is 5.26 Å². The Hall–Kier alpha value is -1.01. The van der Waals surface area contributed by atoms with Gasteiger partial charge in [0.1, 0.15) is 11.9 Å². The third-order valence-corrected chi connectivity index (χ3v) is 1.89. The second-order valence-corrected chi connectivity index (χ2v) is 3.30. The van der Waals surface area contributed by atoms with Crippen LogP contribution in [0.1, 0.15) is 23.3 Å². The van der Waals surface area contributed by atoms with E-state index in [1.807, 2.05) is 6.92 Å². The summed E-state index contributed by atoms with van der Waals surface area (Å²) in [6.45, 7) is 1.85. The maximum absolute atomic E-state index is 13.0. The van der Waals surface area contributed by atoms with Crippen LogP contribution in [0, 0.1) is 17.1 Å². The lowest BCUT2D eigenvalue weighted by Crippen LogP contribution is -1.89. The van der Waals surface area contributed by atoms with Crippen LogP contribution in [-0.2, 0) is 0 Å². The zero-order chi connectivity index (χ0) is 9.14. The monoisotopic (exact) mass is 181 g/mol. The number of benzene rings is 1. The lowest BCUT2D eigenvalue weighted by atomic mass is 10.1. The number of nitriles is 1. The highest BCUT2D eigenvalue weighted by Gasteiger charge is 2.04. The first kappa shape index (κ1) is 9.08. The first-order valence-corrected chi connectivity index (χ1v) is 4.04. The van der Waals surface area contributed by atoms with Crippen molar-refractivity contribution in [3.63, 3.8) is 0 Å². The average Bonchev–Trinajstić information content (AvgIpc) is 2.04. The van der Waals surface area contributed by atoms with E-state index in [9.17, 15) is 4.39 Å². The first-order chi connectivity index (χ1) is 5.65. The van der Waals surface area contributed by atoms with Crippen molar-refractivity contribution in [1.82, 2.24) is 0 Å². The lowest BCUT2D eigenvalue weighted by Gasteiger charge is -2.03. The van der Waals surface area contributed by atoms with Crippen molar-refractivity contribution in [2.24, 2.45) is 0 Å². The van der Waals surface area contributed by atoms with Gasteiger partial charge in [-0.2, -0.15) is 17.9 Å². The van der Waals surface area contributed by atoms with Crippen molar-refractivity contribution in [3.8, 4) is 6.07 Å².